The zero-order valence-electron chi connectivity index (χ0n) is 25.6. The molecule has 19 heteroatoms. The van der Waals surface area contributed by atoms with E-state index in [0.717, 1.165) is 0 Å². The molecule has 0 saturated carbocycles. The number of Topliss-reactive ketones (excluding diaryl/α,β-unsaturated/α-hetero) is 2. The molecule has 2 aliphatic carbocycles. The summed E-state index contributed by atoms with van der Waals surface area (Å²) in [6.07, 6.45) is -13.9. The molecule has 9 nitrogen and oxygen atoms in total. The number of carbonyl (C=O) groups is 4. The number of alkyl carbamates (subject to hydrolysis) is 2. The zero-order valence-corrected chi connectivity index (χ0v) is 25.6. The normalized spacial score (nSPS) is 25.6. The van der Waals surface area contributed by atoms with Gasteiger partial charge < -0.3 is 24.8 Å². The Labute approximate surface area is 261 Å². The quantitative estimate of drug-likeness (QED) is 0.243. The molecule has 2 rings (SSSR count). The van der Waals surface area contributed by atoms with Gasteiger partial charge in [0.05, 0.1) is 0 Å². The summed E-state index contributed by atoms with van der Waals surface area (Å²) in [4.78, 5) is 50.4. The van der Waals surface area contributed by atoms with Gasteiger partial charge in [0, 0.05) is 25.9 Å². The van der Waals surface area contributed by atoms with Crippen molar-refractivity contribution in [3.8, 4) is 0 Å². The average Bonchev–Trinajstić information content (AvgIpc) is 2.95. The lowest BCUT2D eigenvalue weighted by Crippen LogP contribution is -2.64. The van der Waals surface area contributed by atoms with Gasteiger partial charge in [-0.2, -0.15) is 0 Å². The molecule has 0 fully saturated rings. The van der Waals surface area contributed by atoms with E-state index in [4.69, 9.17) is 9.47 Å². The Balaban J connectivity index is 2.69. The standard InChI is InChI=1S/C28H30F10N2O7/c1-25(2,3)45-23(43)39-9-7-11(41)27(19(35)15(31)13(29)16(32)20(27)36)47-28(21(37)17(33)14(30)18(34)22(28)38)12(42)8-10-40-24(44)46-26(4,5)6/h19,21H,7-10H2,1-6H3,(H,39,43)(H,40,44). The van der Waals surface area contributed by atoms with Crippen LogP contribution in [0.2, 0.25) is 0 Å². The number of nitrogens with one attached hydrogen (secondary N) is 2. The Morgan fingerprint density at radius 1 is 0.596 bits per heavy atom. The minimum absolute atomic E-state index is 1.02. The van der Waals surface area contributed by atoms with Gasteiger partial charge >= 0.3 is 12.2 Å². The highest BCUT2D eigenvalue weighted by atomic mass is 19.2. The number of ether oxygens (including phenoxy) is 3. The molecule has 0 aromatic rings. The van der Waals surface area contributed by atoms with Crippen molar-refractivity contribution >= 4 is 23.8 Å². The Morgan fingerprint density at radius 3 is 1.17 bits per heavy atom. The summed E-state index contributed by atoms with van der Waals surface area (Å²) in [5.74, 6) is -28.5. The van der Waals surface area contributed by atoms with Crippen LogP contribution in [0.15, 0.2) is 46.6 Å². The first-order valence-corrected chi connectivity index (χ1v) is 13.6. The van der Waals surface area contributed by atoms with Crippen LogP contribution in [0.4, 0.5) is 53.5 Å². The van der Waals surface area contributed by atoms with E-state index in [0.29, 0.717) is 0 Å². The van der Waals surface area contributed by atoms with E-state index >= 15 is 17.6 Å². The molecule has 0 radical (unpaired) electrons. The highest BCUT2D eigenvalue weighted by molar-refractivity contribution is 5.96. The number of amides is 2. The Bertz CT molecular complexity index is 1340. The SMILES string of the molecule is CC(C)(C)OC(=O)NCCC(=O)C1(OC2(C(=O)CCNC(=O)OC(C)(C)C)C(F)=C(F)C(F)=C(F)C2F)C(F)=C(F)C(F)=C(F)C1F. The van der Waals surface area contributed by atoms with E-state index in [1.807, 2.05) is 10.6 Å². The predicted octanol–water partition coefficient (Wildman–Crippen LogP) is 6.75. The molecule has 47 heavy (non-hydrogen) atoms. The van der Waals surface area contributed by atoms with Crippen molar-refractivity contribution in [3.05, 3.63) is 46.6 Å². The van der Waals surface area contributed by atoms with Crippen LogP contribution in [-0.4, -0.2) is 71.6 Å². The highest BCUT2D eigenvalue weighted by Gasteiger charge is 2.68. The molecule has 0 bridgehead atoms. The van der Waals surface area contributed by atoms with Gasteiger partial charge in [-0.05, 0) is 41.5 Å². The second-order valence-corrected chi connectivity index (χ2v) is 12.1. The van der Waals surface area contributed by atoms with Crippen molar-refractivity contribution in [1.29, 1.82) is 0 Å². The molecule has 264 valence electrons. The van der Waals surface area contributed by atoms with Crippen LogP contribution < -0.4 is 10.6 Å². The third-order valence-corrected chi connectivity index (χ3v) is 6.19. The summed E-state index contributed by atoms with van der Waals surface area (Å²) in [5, 5.41) is 3.78. The van der Waals surface area contributed by atoms with E-state index in [9.17, 15) is 45.5 Å². The molecule has 2 N–H and O–H groups in total. The fourth-order valence-electron chi connectivity index (χ4n) is 4.17. The first kappa shape index (κ1) is 39.3. The van der Waals surface area contributed by atoms with Crippen molar-refractivity contribution < 1.29 is 77.3 Å². The van der Waals surface area contributed by atoms with Gasteiger partial charge in [-0.1, -0.05) is 0 Å². The largest absolute Gasteiger partial charge is 0.444 e. The molecule has 4 atom stereocenters. The van der Waals surface area contributed by atoms with Gasteiger partial charge in [0.1, 0.15) is 11.2 Å². The van der Waals surface area contributed by atoms with E-state index < -0.39 is 131 Å². The minimum atomic E-state index is -4.76. The molecule has 0 aromatic heterocycles. The van der Waals surface area contributed by atoms with Gasteiger partial charge in [0.2, 0.25) is 11.2 Å². The molecular formula is C28H30F10N2O7. The Morgan fingerprint density at radius 2 is 0.894 bits per heavy atom. The smallest absolute Gasteiger partial charge is 0.407 e. The Kier molecular flexibility index (Phi) is 11.8. The van der Waals surface area contributed by atoms with Crippen LogP contribution in [0.1, 0.15) is 54.4 Å². The molecule has 2 amide bonds. The number of halogens is 10. The van der Waals surface area contributed by atoms with Gasteiger partial charge in [0.15, 0.2) is 70.5 Å². The van der Waals surface area contributed by atoms with Gasteiger partial charge in [-0.3, -0.25) is 9.59 Å². The lowest BCUT2D eigenvalue weighted by Gasteiger charge is -2.44. The first-order valence-electron chi connectivity index (χ1n) is 13.6. The summed E-state index contributed by atoms with van der Waals surface area (Å²) in [6.45, 7) is 6.35. The van der Waals surface area contributed by atoms with Crippen LogP contribution >= 0.6 is 0 Å². The second-order valence-electron chi connectivity index (χ2n) is 12.1. The van der Waals surface area contributed by atoms with Crippen LogP contribution in [0.3, 0.4) is 0 Å². The molecule has 2 aliphatic rings. The summed E-state index contributed by atoms with van der Waals surface area (Å²) >= 11 is 0. The molecule has 4 unspecified atom stereocenters. The second kappa shape index (κ2) is 14.1. The summed E-state index contributed by atoms with van der Waals surface area (Å²) in [6, 6.07) is 0. The molecule has 0 aromatic carbocycles. The lowest BCUT2D eigenvalue weighted by atomic mass is 9.79. The Hall–Kier alpha value is -3.90. The maximum Gasteiger partial charge on any atom is 0.407 e. The topological polar surface area (TPSA) is 120 Å². The van der Waals surface area contributed by atoms with Crippen LogP contribution in [-0.2, 0) is 23.8 Å². The number of alkyl halides is 2. The zero-order chi connectivity index (χ0) is 36.4. The number of rotatable bonds is 10. The minimum Gasteiger partial charge on any atom is -0.444 e. The molecule has 0 heterocycles. The third-order valence-electron chi connectivity index (χ3n) is 6.19. The number of ketones is 2. The maximum atomic E-state index is 15.6. The molecule has 0 saturated heterocycles. The number of hydrogen-bond acceptors (Lipinski definition) is 7. The van der Waals surface area contributed by atoms with Crippen molar-refractivity contribution in [2.24, 2.45) is 0 Å². The fraction of sp³-hybridized carbons (Fsp3) is 0.571. The molecule has 0 spiro atoms. The van der Waals surface area contributed by atoms with Crippen LogP contribution in [0, 0.1) is 0 Å². The van der Waals surface area contributed by atoms with Gasteiger partial charge in [0.25, 0.3) is 0 Å². The first-order chi connectivity index (χ1) is 21.3. The molecular weight excluding hydrogens is 666 g/mol. The van der Waals surface area contributed by atoms with E-state index in [-0.39, 0.29) is 0 Å². The summed E-state index contributed by atoms with van der Waals surface area (Å²) < 4.78 is 163. The third kappa shape index (κ3) is 7.98. The van der Waals surface area contributed by atoms with Crippen LogP contribution in [0.25, 0.3) is 0 Å². The maximum absolute atomic E-state index is 15.6. The number of allylic oxidation sites excluding steroid dienone is 4. The van der Waals surface area contributed by atoms with Gasteiger partial charge in [-0.25, -0.2) is 53.5 Å². The van der Waals surface area contributed by atoms with E-state index in [2.05, 4.69) is 4.74 Å². The van der Waals surface area contributed by atoms with Gasteiger partial charge in [-0.15, -0.1) is 0 Å². The van der Waals surface area contributed by atoms with Crippen molar-refractivity contribution in [2.45, 2.75) is 89.1 Å². The average molecular weight is 697 g/mol. The van der Waals surface area contributed by atoms with Crippen LogP contribution in [0.5, 0.6) is 0 Å². The van der Waals surface area contributed by atoms with Crippen molar-refractivity contribution in [2.75, 3.05) is 13.1 Å². The highest BCUT2D eigenvalue weighted by Crippen LogP contribution is 2.53. The summed E-state index contributed by atoms with van der Waals surface area (Å²) in [7, 11) is 0. The fourth-order valence-corrected chi connectivity index (χ4v) is 4.17. The molecule has 0 aliphatic heterocycles. The van der Waals surface area contributed by atoms with E-state index in [1.54, 1.807) is 0 Å². The van der Waals surface area contributed by atoms with Crippen molar-refractivity contribution in [3.63, 3.8) is 0 Å². The number of carbonyl (C=O) groups excluding carboxylic acids is 4. The number of hydrogen-bond donors (Lipinski definition) is 2. The van der Waals surface area contributed by atoms with E-state index in [1.165, 1.54) is 41.5 Å². The van der Waals surface area contributed by atoms with Crippen molar-refractivity contribution in [1.82, 2.24) is 10.6 Å². The predicted molar refractivity (Wildman–Crippen MR) is 141 cm³/mol. The monoisotopic (exact) mass is 696 g/mol. The lowest BCUT2D eigenvalue weighted by molar-refractivity contribution is -0.198. The summed E-state index contributed by atoms with van der Waals surface area (Å²) in [5.41, 5.74) is -11.8.